The third-order valence-electron chi connectivity index (χ3n) is 3.01. The van der Waals surface area contributed by atoms with E-state index in [4.69, 9.17) is 9.88 Å². The number of nitrogens with zero attached hydrogens (tertiary/aromatic N) is 3. The first-order valence-corrected chi connectivity index (χ1v) is 8.04. The van der Waals surface area contributed by atoms with Gasteiger partial charge in [0, 0.05) is 6.54 Å². The number of benzene rings is 1. The molecule has 114 valence electrons. The summed E-state index contributed by atoms with van der Waals surface area (Å²) in [6, 6.07) is 5.59. The molecular formula is C13H18N4O3S. The first kappa shape index (κ1) is 15.5. The second-order valence-corrected chi connectivity index (χ2v) is 6.16. The third kappa shape index (κ3) is 3.06. The molecule has 0 aliphatic heterocycles. The molecule has 0 spiro atoms. The van der Waals surface area contributed by atoms with Crippen LogP contribution in [0.3, 0.4) is 0 Å². The van der Waals surface area contributed by atoms with Gasteiger partial charge >= 0.3 is 0 Å². The number of ether oxygens (including phenoxy) is 1. The second-order valence-electron chi connectivity index (χ2n) is 4.71. The molecule has 0 radical (unpaired) electrons. The molecular weight excluding hydrogens is 292 g/mol. The number of aromatic nitrogens is 3. The summed E-state index contributed by atoms with van der Waals surface area (Å²) in [6.45, 7) is 4.32. The number of aryl methyl sites for hydroxylation is 1. The summed E-state index contributed by atoms with van der Waals surface area (Å²) < 4.78 is 30.1. The Kier molecular flexibility index (Phi) is 4.29. The molecule has 0 unspecified atom stereocenters. The molecule has 21 heavy (non-hydrogen) atoms. The number of primary sulfonamides is 1. The largest absolute Gasteiger partial charge is 0.496 e. The predicted octanol–water partition coefficient (Wildman–Crippen LogP) is 1.32. The number of nitrogens with two attached hydrogens (primary N) is 1. The molecule has 0 amide bonds. The van der Waals surface area contributed by atoms with Gasteiger partial charge < -0.3 is 4.74 Å². The fourth-order valence-electron chi connectivity index (χ4n) is 2.12. The van der Waals surface area contributed by atoms with E-state index in [-0.39, 0.29) is 5.16 Å². The van der Waals surface area contributed by atoms with Crippen LogP contribution in [-0.2, 0) is 16.6 Å². The van der Waals surface area contributed by atoms with Gasteiger partial charge in [-0.1, -0.05) is 18.6 Å². The number of methoxy groups -OCH3 is 1. The van der Waals surface area contributed by atoms with Crippen LogP contribution in [0.5, 0.6) is 5.75 Å². The van der Waals surface area contributed by atoms with Crippen LogP contribution in [0.15, 0.2) is 23.4 Å². The van der Waals surface area contributed by atoms with Gasteiger partial charge in [-0.15, -0.1) is 10.2 Å². The molecule has 2 N–H and O–H groups in total. The monoisotopic (exact) mass is 310 g/mol. The molecule has 0 aliphatic carbocycles. The first-order chi connectivity index (χ1) is 9.88. The maximum absolute atomic E-state index is 11.6. The van der Waals surface area contributed by atoms with Gasteiger partial charge in [0.25, 0.3) is 15.2 Å². The van der Waals surface area contributed by atoms with Crippen LogP contribution < -0.4 is 9.88 Å². The molecule has 0 aliphatic rings. The Bertz CT molecular complexity index is 753. The van der Waals surface area contributed by atoms with E-state index in [9.17, 15) is 8.42 Å². The van der Waals surface area contributed by atoms with Gasteiger partial charge in [0.2, 0.25) is 0 Å². The van der Waals surface area contributed by atoms with E-state index in [1.165, 1.54) is 4.57 Å². The van der Waals surface area contributed by atoms with Crippen LogP contribution in [0.2, 0.25) is 0 Å². The second kappa shape index (κ2) is 5.82. The van der Waals surface area contributed by atoms with E-state index in [1.54, 1.807) is 7.11 Å². The topological polar surface area (TPSA) is 100 Å². The minimum absolute atomic E-state index is 0.233. The van der Waals surface area contributed by atoms with Gasteiger partial charge in [0.05, 0.1) is 12.7 Å². The van der Waals surface area contributed by atoms with Gasteiger partial charge in [-0.05, 0) is 25.5 Å². The van der Waals surface area contributed by atoms with Crippen molar-refractivity contribution in [3.05, 3.63) is 23.8 Å². The minimum Gasteiger partial charge on any atom is -0.496 e. The molecule has 0 bridgehead atoms. The highest BCUT2D eigenvalue weighted by atomic mass is 32.2. The first-order valence-electron chi connectivity index (χ1n) is 6.49. The smallest absolute Gasteiger partial charge is 0.273 e. The van der Waals surface area contributed by atoms with Crippen molar-refractivity contribution in [3.8, 4) is 17.1 Å². The van der Waals surface area contributed by atoms with Crippen LogP contribution in [0, 0.1) is 6.92 Å². The fraction of sp³-hybridized carbons (Fsp3) is 0.385. The molecule has 0 fully saturated rings. The molecule has 1 aromatic heterocycles. The van der Waals surface area contributed by atoms with E-state index in [0.717, 1.165) is 12.0 Å². The summed E-state index contributed by atoms with van der Waals surface area (Å²) in [5.41, 5.74) is 1.70. The Morgan fingerprint density at radius 2 is 2.05 bits per heavy atom. The lowest BCUT2D eigenvalue weighted by Gasteiger charge is -2.11. The van der Waals surface area contributed by atoms with E-state index >= 15 is 0 Å². The number of sulfonamides is 1. The van der Waals surface area contributed by atoms with Crippen molar-refractivity contribution in [1.29, 1.82) is 0 Å². The summed E-state index contributed by atoms with van der Waals surface area (Å²) in [6.07, 6.45) is 0.724. The average Bonchev–Trinajstić information content (AvgIpc) is 2.82. The van der Waals surface area contributed by atoms with Crippen molar-refractivity contribution in [2.24, 2.45) is 5.14 Å². The third-order valence-corrected chi connectivity index (χ3v) is 3.83. The molecule has 2 aromatic rings. The summed E-state index contributed by atoms with van der Waals surface area (Å²) >= 11 is 0. The van der Waals surface area contributed by atoms with Crippen LogP contribution in [-0.4, -0.2) is 30.3 Å². The van der Waals surface area contributed by atoms with Crippen molar-refractivity contribution in [1.82, 2.24) is 14.8 Å². The van der Waals surface area contributed by atoms with Gasteiger partial charge in [0.1, 0.15) is 5.75 Å². The average molecular weight is 310 g/mol. The molecule has 0 atom stereocenters. The zero-order chi connectivity index (χ0) is 15.6. The van der Waals surface area contributed by atoms with Crippen LogP contribution in [0.4, 0.5) is 0 Å². The van der Waals surface area contributed by atoms with Crippen molar-refractivity contribution >= 4 is 10.0 Å². The van der Waals surface area contributed by atoms with Gasteiger partial charge in [-0.2, -0.15) is 0 Å². The maximum Gasteiger partial charge on any atom is 0.273 e. The standard InChI is InChI=1S/C13H18N4O3S/c1-4-7-17-12(15-16-13(17)21(14,18)19)10-8-9(2)5-6-11(10)20-3/h5-6,8H,4,7H2,1-3H3,(H2,14,18,19). The van der Waals surface area contributed by atoms with Gasteiger partial charge in [-0.25, -0.2) is 13.6 Å². The Morgan fingerprint density at radius 1 is 1.33 bits per heavy atom. The maximum atomic E-state index is 11.6. The minimum atomic E-state index is -3.92. The number of hydrogen-bond donors (Lipinski definition) is 1. The van der Waals surface area contributed by atoms with Crippen molar-refractivity contribution in [2.75, 3.05) is 7.11 Å². The van der Waals surface area contributed by atoms with Crippen molar-refractivity contribution < 1.29 is 13.2 Å². The van der Waals surface area contributed by atoms with E-state index in [2.05, 4.69) is 10.2 Å². The fourth-order valence-corrected chi connectivity index (χ4v) is 2.76. The van der Waals surface area contributed by atoms with Crippen molar-refractivity contribution in [2.45, 2.75) is 32.0 Å². The van der Waals surface area contributed by atoms with Crippen LogP contribution >= 0.6 is 0 Å². The summed E-state index contributed by atoms with van der Waals surface area (Å²) in [7, 11) is -2.37. The Labute approximate surface area is 123 Å². The zero-order valence-electron chi connectivity index (χ0n) is 12.2. The predicted molar refractivity (Wildman–Crippen MR) is 78.4 cm³/mol. The number of hydrogen-bond acceptors (Lipinski definition) is 5. The van der Waals surface area contributed by atoms with Gasteiger partial charge in [-0.3, -0.25) is 4.57 Å². The molecule has 2 rings (SSSR count). The molecule has 0 saturated carbocycles. The number of rotatable bonds is 5. The van der Waals surface area contributed by atoms with Gasteiger partial charge in [0.15, 0.2) is 5.82 Å². The highest BCUT2D eigenvalue weighted by Crippen LogP contribution is 2.30. The zero-order valence-corrected chi connectivity index (χ0v) is 13.0. The highest BCUT2D eigenvalue weighted by Gasteiger charge is 2.23. The van der Waals surface area contributed by atoms with E-state index < -0.39 is 10.0 Å². The molecule has 8 heteroatoms. The lowest BCUT2D eigenvalue weighted by atomic mass is 10.1. The van der Waals surface area contributed by atoms with Crippen LogP contribution in [0.1, 0.15) is 18.9 Å². The lowest BCUT2D eigenvalue weighted by Crippen LogP contribution is -2.19. The molecule has 0 saturated heterocycles. The highest BCUT2D eigenvalue weighted by molar-refractivity contribution is 7.89. The Hall–Kier alpha value is -1.93. The molecule has 1 heterocycles. The summed E-state index contributed by atoms with van der Waals surface area (Å²) in [5, 5.41) is 12.7. The van der Waals surface area contributed by atoms with E-state index in [0.29, 0.717) is 23.7 Å². The van der Waals surface area contributed by atoms with E-state index in [1.807, 2.05) is 32.0 Å². The Balaban J connectivity index is 2.70. The lowest BCUT2D eigenvalue weighted by molar-refractivity contribution is 0.415. The SMILES string of the molecule is CCCn1c(-c2cc(C)ccc2OC)nnc1S(N)(=O)=O. The Morgan fingerprint density at radius 3 is 2.62 bits per heavy atom. The van der Waals surface area contributed by atoms with Crippen LogP contribution in [0.25, 0.3) is 11.4 Å². The quantitative estimate of drug-likeness (QED) is 0.897. The summed E-state index contributed by atoms with van der Waals surface area (Å²) in [5.74, 6) is 1.03. The molecule has 1 aromatic carbocycles. The van der Waals surface area contributed by atoms with Crippen molar-refractivity contribution in [3.63, 3.8) is 0 Å². The normalized spacial score (nSPS) is 11.6. The summed E-state index contributed by atoms with van der Waals surface area (Å²) in [4.78, 5) is 0. The molecule has 7 nitrogen and oxygen atoms in total.